The first kappa shape index (κ1) is 36.3. The van der Waals surface area contributed by atoms with Crippen LogP contribution in [0.1, 0.15) is 62.7 Å². The number of hydrogen-bond acceptors (Lipinski definition) is 10. The fourth-order valence-corrected chi connectivity index (χ4v) is 5.83. The molecular weight excluding hydrogens is 664 g/mol. The lowest BCUT2D eigenvalue weighted by atomic mass is 10.0. The van der Waals surface area contributed by atoms with Crippen LogP contribution >= 0.6 is 11.6 Å². The van der Waals surface area contributed by atoms with Crippen LogP contribution in [0.2, 0.25) is 5.02 Å². The molecule has 0 fully saturated rings. The highest BCUT2D eigenvalue weighted by atomic mass is 35.5. The molecule has 264 valence electrons. The van der Waals surface area contributed by atoms with E-state index in [4.69, 9.17) is 35.3 Å². The van der Waals surface area contributed by atoms with Crippen molar-refractivity contribution >= 4 is 35.3 Å². The van der Waals surface area contributed by atoms with E-state index in [1.54, 1.807) is 50.6 Å². The average molecular weight is 705 g/mol. The van der Waals surface area contributed by atoms with Crippen LogP contribution in [0.15, 0.2) is 60.7 Å². The third-order valence-electron chi connectivity index (χ3n) is 8.26. The first-order chi connectivity index (χ1) is 24.3. The molecule has 0 radical (unpaired) electrons. The van der Waals surface area contributed by atoms with E-state index in [0.717, 1.165) is 16.7 Å². The summed E-state index contributed by atoms with van der Waals surface area (Å²) in [7, 11) is 4.64. The minimum atomic E-state index is -0.472. The number of halogens is 1. The van der Waals surface area contributed by atoms with Gasteiger partial charge in [0.1, 0.15) is 17.7 Å². The molecule has 1 aliphatic rings. The number of hydrogen-bond donors (Lipinski definition) is 5. The Morgan fingerprint density at radius 2 is 1.34 bits per heavy atom. The number of methoxy groups -OCH3 is 3. The van der Waals surface area contributed by atoms with Crippen molar-refractivity contribution in [3.05, 3.63) is 105 Å². The second-order valence-electron chi connectivity index (χ2n) is 11.4. The SMILES string of the molecule is COc1cc(C=Cc2cc(OC)c(OCCCCOc3ccc(C4NC(=O)c5cc(Cl)ccc5N4)cc3CO)c(OC)c2)cc(CO)c1CO. The lowest BCUT2D eigenvalue weighted by Gasteiger charge is -2.28. The number of ether oxygens (including phenoxy) is 5. The van der Waals surface area contributed by atoms with Crippen molar-refractivity contribution in [1.82, 2.24) is 5.32 Å². The molecule has 12 heteroatoms. The van der Waals surface area contributed by atoms with Crippen LogP contribution in [0, 0.1) is 0 Å². The Morgan fingerprint density at radius 3 is 1.98 bits per heavy atom. The van der Waals surface area contributed by atoms with Gasteiger partial charge in [0.25, 0.3) is 5.91 Å². The molecule has 11 nitrogen and oxygen atoms in total. The van der Waals surface area contributed by atoms with Crippen molar-refractivity contribution < 1.29 is 43.8 Å². The molecule has 1 atom stereocenters. The molecule has 0 bridgehead atoms. The van der Waals surface area contributed by atoms with Gasteiger partial charge < -0.3 is 49.6 Å². The maximum Gasteiger partial charge on any atom is 0.255 e. The van der Waals surface area contributed by atoms with Gasteiger partial charge in [-0.2, -0.15) is 0 Å². The summed E-state index contributed by atoms with van der Waals surface area (Å²) >= 11 is 6.04. The van der Waals surface area contributed by atoms with Crippen molar-refractivity contribution in [1.29, 1.82) is 0 Å². The van der Waals surface area contributed by atoms with Gasteiger partial charge in [-0.15, -0.1) is 0 Å². The first-order valence-electron chi connectivity index (χ1n) is 16.0. The van der Waals surface area contributed by atoms with E-state index < -0.39 is 6.17 Å². The fraction of sp³-hybridized carbons (Fsp3) is 0.289. The number of aliphatic hydroxyl groups excluding tert-OH is 3. The van der Waals surface area contributed by atoms with Crippen LogP contribution in [-0.4, -0.2) is 55.8 Å². The fourth-order valence-electron chi connectivity index (χ4n) is 5.66. The zero-order valence-electron chi connectivity index (χ0n) is 28.1. The van der Waals surface area contributed by atoms with Crippen LogP contribution in [0.4, 0.5) is 5.69 Å². The van der Waals surface area contributed by atoms with Crippen LogP contribution in [0.5, 0.6) is 28.7 Å². The summed E-state index contributed by atoms with van der Waals surface area (Å²) in [6, 6.07) is 17.8. The highest BCUT2D eigenvalue weighted by Crippen LogP contribution is 2.39. The van der Waals surface area contributed by atoms with Crippen molar-refractivity contribution in [2.24, 2.45) is 0 Å². The largest absolute Gasteiger partial charge is 0.496 e. The summed E-state index contributed by atoms with van der Waals surface area (Å²) in [5.74, 6) is 2.33. The molecule has 1 amide bonds. The predicted molar refractivity (Wildman–Crippen MR) is 191 cm³/mol. The van der Waals surface area contributed by atoms with Crippen LogP contribution in [-0.2, 0) is 19.8 Å². The summed E-state index contributed by atoms with van der Waals surface area (Å²) in [6.45, 7) is 0.106. The number of nitrogens with one attached hydrogen (secondary N) is 2. The van der Waals surface area contributed by atoms with E-state index in [1.807, 2.05) is 36.4 Å². The van der Waals surface area contributed by atoms with Crippen LogP contribution < -0.4 is 34.3 Å². The van der Waals surface area contributed by atoms with Gasteiger partial charge in [0.2, 0.25) is 5.75 Å². The van der Waals surface area contributed by atoms with E-state index in [-0.39, 0.29) is 25.7 Å². The predicted octanol–water partition coefficient (Wildman–Crippen LogP) is 6.11. The lowest BCUT2D eigenvalue weighted by Crippen LogP contribution is -2.38. The maximum absolute atomic E-state index is 12.6. The van der Waals surface area contributed by atoms with E-state index in [2.05, 4.69) is 10.6 Å². The number of rotatable bonds is 16. The van der Waals surface area contributed by atoms with E-state index in [0.29, 0.717) is 87.8 Å². The Balaban J connectivity index is 1.16. The molecule has 1 unspecified atom stereocenters. The molecule has 0 saturated carbocycles. The van der Waals surface area contributed by atoms with E-state index in [1.165, 1.54) is 7.11 Å². The molecule has 0 saturated heterocycles. The number of unbranched alkanes of at least 4 members (excludes halogenated alkanes) is 1. The van der Waals surface area contributed by atoms with Gasteiger partial charge in [-0.05, 0) is 89.7 Å². The van der Waals surface area contributed by atoms with Crippen molar-refractivity contribution in [3.63, 3.8) is 0 Å². The molecule has 0 spiro atoms. The molecule has 0 aromatic heterocycles. The number of benzene rings is 4. The summed E-state index contributed by atoms with van der Waals surface area (Å²) in [4.78, 5) is 12.6. The van der Waals surface area contributed by atoms with Gasteiger partial charge >= 0.3 is 0 Å². The zero-order valence-corrected chi connectivity index (χ0v) is 28.9. The number of fused-ring (bicyclic) bond motifs is 1. The maximum atomic E-state index is 12.6. The molecule has 5 rings (SSSR count). The topological polar surface area (TPSA) is 148 Å². The standard InChI is InChI=1S/C38H41ClN2O9/c1-46-33-15-23(14-26(20-42)30(33)22-44)6-7-24-16-34(47-2)36(35(17-24)48-3)50-13-5-4-12-49-32-11-8-25(18-27(32)21-43)37-40-31-10-9-28(39)19-29(31)38(45)41-37/h6-11,14-19,37,40,42-44H,4-5,12-13,20-22H2,1-3H3,(H,41,45). The molecule has 4 aromatic rings. The Labute approximate surface area is 296 Å². The van der Waals surface area contributed by atoms with Gasteiger partial charge in [-0.25, -0.2) is 0 Å². The average Bonchev–Trinajstić information content (AvgIpc) is 3.14. The zero-order chi connectivity index (χ0) is 35.6. The quantitative estimate of drug-likeness (QED) is 0.0684. The number of carbonyl (C=O) groups excluding carboxylic acids is 1. The monoisotopic (exact) mass is 704 g/mol. The normalized spacial score (nSPS) is 13.7. The van der Waals surface area contributed by atoms with E-state index in [9.17, 15) is 20.1 Å². The minimum Gasteiger partial charge on any atom is -0.496 e. The highest BCUT2D eigenvalue weighted by Gasteiger charge is 2.25. The Bertz CT molecular complexity index is 1800. The Kier molecular flexibility index (Phi) is 12.5. The number of aliphatic hydroxyl groups is 3. The Hall–Kier alpha value is -4.94. The van der Waals surface area contributed by atoms with Crippen LogP contribution in [0.25, 0.3) is 12.2 Å². The second-order valence-corrected chi connectivity index (χ2v) is 11.9. The molecule has 0 aliphatic carbocycles. The van der Waals surface area contributed by atoms with Crippen LogP contribution in [0.3, 0.4) is 0 Å². The van der Waals surface area contributed by atoms with Crippen molar-refractivity contribution in [2.45, 2.75) is 38.8 Å². The van der Waals surface area contributed by atoms with Gasteiger partial charge in [-0.3, -0.25) is 4.79 Å². The Morgan fingerprint density at radius 1 is 0.700 bits per heavy atom. The molecule has 5 N–H and O–H groups in total. The molecule has 1 aliphatic heterocycles. The molecular formula is C38H41ClN2O9. The van der Waals surface area contributed by atoms with Crippen molar-refractivity contribution in [3.8, 4) is 28.7 Å². The summed E-state index contributed by atoms with van der Waals surface area (Å²) in [5, 5.41) is 36.2. The lowest BCUT2D eigenvalue weighted by molar-refractivity contribution is 0.0935. The van der Waals surface area contributed by atoms with E-state index >= 15 is 0 Å². The van der Waals surface area contributed by atoms with Crippen molar-refractivity contribution in [2.75, 3.05) is 39.9 Å². The van der Waals surface area contributed by atoms with Gasteiger partial charge in [0.15, 0.2) is 11.5 Å². The number of amides is 1. The number of carbonyl (C=O) groups is 1. The summed E-state index contributed by atoms with van der Waals surface area (Å²) in [6.07, 6.45) is 4.65. The third-order valence-corrected chi connectivity index (χ3v) is 8.49. The minimum absolute atomic E-state index is 0.224. The summed E-state index contributed by atoms with van der Waals surface area (Å²) in [5.41, 5.74) is 5.27. The second kappa shape index (κ2) is 17.1. The van der Waals surface area contributed by atoms with Gasteiger partial charge in [-0.1, -0.05) is 29.8 Å². The first-order valence-corrected chi connectivity index (χ1v) is 16.4. The molecule has 1 heterocycles. The third kappa shape index (κ3) is 8.43. The van der Waals surface area contributed by atoms with Gasteiger partial charge in [0, 0.05) is 21.8 Å². The van der Waals surface area contributed by atoms with Gasteiger partial charge in [0.05, 0.1) is 59.9 Å². The number of anilines is 1. The smallest absolute Gasteiger partial charge is 0.255 e. The molecule has 4 aromatic carbocycles. The summed E-state index contributed by atoms with van der Waals surface area (Å²) < 4.78 is 28.7. The highest BCUT2D eigenvalue weighted by molar-refractivity contribution is 6.31. The molecule has 50 heavy (non-hydrogen) atoms.